The molecule has 122 valence electrons. The summed E-state index contributed by atoms with van der Waals surface area (Å²) < 4.78 is 5.62. The van der Waals surface area contributed by atoms with Crippen molar-refractivity contribution >= 4 is 11.8 Å². The van der Waals surface area contributed by atoms with Crippen molar-refractivity contribution in [3.8, 4) is 0 Å². The van der Waals surface area contributed by atoms with Crippen molar-refractivity contribution in [3.63, 3.8) is 0 Å². The van der Waals surface area contributed by atoms with Crippen LogP contribution in [0.25, 0.3) is 0 Å². The topological polar surface area (TPSA) is 77.2 Å². The Balaban J connectivity index is 2.02. The number of nitrogens with one attached hydrogen (secondary N) is 1. The number of pyridine rings is 1. The Hall–Kier alpha value is -1.78. The molecule has 2 rings (SSSR count). The zero-order chi connectivity index (χ0) is 16.3. The lowest BCUT2D eigenvalue weighted by molar-refractivity contribution is 0.0516. The maximum atomic E-state index is 12.0. The first-order chi connectivity index (χ1) is 10.2. The van der Waals surface area contributed by atoms with Gasteiger partial charge in [0, 0.05) is 11.7 Å². The highest BCUT2D eigenvalue weighted by Crippen LogP contribution is 2.39. The van der Waals surface area contributed by atoms with Crippen LogP contribution in [0.4, 0.5) is 10.5 Å². The van der Waals surface area contributed by atoms with Gasteiger partial charge in [-0.25, -0.2) is 4.79 Å². The summed E-state index contributed by atoms with van der Waals surface area (Å²) in [5, 5.41) is 2.85. The summed E-state index contributed by atoms with van der Waals surface area (Å²) in [5.41, 5.74) is 7.60. The third-order valence-corrected chi connectivity index (χ3v) is 3.98. The van der Waals surface area contributed by atoms with Crippen LogP contribution < -0.4 is 11.1 Å². The molecule has 3 N–H and O–H groups in total. The van der Waals surface area contributed by atoms with Crippen molar-refractivity contribution in [1.29, 1.82) is 0 Å². The first kappa shape index (κ1) is 16.6. The van der Waals surface area contributed by atoms with Crippen LogP contribution in [0, 0.1) is 5.92 Å². The average molecular weight is 305 g/mol. The van der Waals surface area contributed by atoms with E-state index in [0.29, 0.717) is 11.8 Å². The van der Waals surface area contributed by atoms with Gasteiger partial charge in [0.15, 0.2) is 0 Å². The molecule has 0 aromatic carbocycles. The van der Waals surface area contributed by atoms with Crippen LogP contribution in [0.2, 0.25) is 0 Å². The second-order valence-corrected chi connectivity index (χ2v) is 7.42. The maximum absolute atomic E-state index is 12.0. The van der Waals surface area contributed by atoms with Crippen molar-refractivity contribution in [2.45, 2.75) is 64.5 Å². The molecule has 1 aromatic heterocycles. The van der Waals surface area contributed by atoms with E-state index in [0.717, 1.165) is 30.5 Å². The third-order valence-electron chi connectivity index (χ3n) is 3.98. The molecule has 0 aliphatic heterocycles. The average Bonchev–Trinajstić information content (AvgIpc) is 2.35. The molecule has 5 heteroatoms. The van der Waals surface area contributed by atoms with E-state index in [9.17, 15) is 4.79 Å². The van der Waals surface area contributed by atoms with Crippen LogP contribution in [0.15, 0.2) is 18.5 Å². The van der Waals surface area contributed by atoms with Crippen molar-refractivity contribution < 1.29 is 9.53 Å². The Kier molecular flexibility index (Phi) is 4.94. The van der Waals surface area contributed by atoms with Crippen molar-refractivity contribution in [3.05, 3.63) is 24.0 Å². The molecule has 5 nitrogen and oxygen atoms in total. The summed E-state index contributed by atoms with van der Waals surface area (Å²) in [6.45, 7) is 8.02. The van der Waals surface area contributed by atoms with Gasteiger partial charge in [0.2, 0.25) is 0 Å². The Labute approximate surface area is 132 Å². The van der Waals surface area contributed by atoms with Gasteiger partial charge in [0.05, 0.1) is 11.9 Å². The summed E-state index contributed by atoms with van der Waals surface area (Å²) in [4.78, 5) is 16.0. The number of alkyl carbamates (subject to hydrolysis) is 1. The predicted molar refractivity (Wildman–Crippen MR) is 87.6 cm³/mol. The Morgan fingerprint density at radius 3 is 2.73 bits per heavy atom. The number of carbonyl (C=O) groups excluding carboxylic acids is 1. The smallest absolute Gasteiger partial charge is 0.407 e. The minimum atomic E-state index is -0.340. The molecule has 22 heavy (non-hydrogen) atoms. The molecule has 0 spiro atoms. The van der Waals surface area contributed by atoms with Gasteiger partial charge in [-0.2, -0.15) is 0 Å². The number of ether oxygens (including phenoxy) is 1. The first-order valence-electron chi connectivity index (χ1n) is 7.93. The fourth-order valence-electron chi connectivity index (χ4n) is 3.17. The van der Waals surface area contributed by atoms with Crippen LogP contribution in [0.5, 0.6) is 0 Å². The lowest BCUT2D eigenvalue weighted by Crippen LogP contribution is -2.43. The minimum Gasteiger partial charge on any atom is -0.446 e. The Morgan fingerprint density at radius 2 is 2.09 bits per heavy atom. The number of rotatable bonds is 2. The van der Waals surface area contributed by atoms with E-state index in [-0.39, 0.29) is 17.7 Å². The molecule has 1 amide bonds. The molecular weight excluding hydrogens is 278 g/mol. The van der Waals surface area contributed by atoms with Crippen LogP contribution in [-0.4, -0.2) is 22.7 Å². The van der Waals surface area contributed by atoms with E-state index < -0.39 is 0 Å². The zero-order valence-corrected chi connectivity index (χ0v) is 13.9. The van der Waals surface area contributed by atoms with Crippen LogP contribution >= 0.6 is 0 Å². The van der Waals surface area contributed by atoms with Crippen molar-refractivity contribution in [2.24, 2.45) is 5.92 Å². The molecule has 1 aliphatic carbocycles. The standard InChI is InChI=1S/C17H27N3O2/c1-11-7-12(14-5-6-19-10-15(14)18)9-13(8-11)22-16(21)20-17(2,3)4/h5-6,10-13H,7-9,18H2,1-4H3,(H,20,21). The Bertz CT molecular complexity index is 525. The molecule has 1 aliphatic rings. The summed E-state index contributed by atoms with van der Waals surface area (Å²) >= 11 is 0. The van der Waals surface area contributed by atoms with E-state index in [2.05, 4.69) is 17.2 Å². The van der Waals surface area contributed by atoms with E-state index in [4.69, 9.17) is 10.5 Å². The molecule has 0 radical (unpaired) electrons. The van der Waals surface area contributed by atoms with Gasteiger partial charge in [0.1, 0.15) is 6.10 Å². The van der Waals surface area contributed by atoms with E-state index in [1.807, 2.05) is 26.8 Å². The van der Waals surface area contributed by atoms with Crippen molar-refractivity contribution in [1.82, 2.24) is 10.3 Å². The van der Waals surface area contributed by atoms with E-state index in [1.54, 1.807) is 12.4 Å². The normalized spacial score (nSPS) is 25.5. The molecular formula is C17H27N3O2. The van der Waals surface area contributed by atoms with Gasteiger partial charge in [-0.15, -0.1) is 0 Å². The summed E-state index contributed by atoms with van der Waals surface area (Å²) in [6.07, 6.45) is 5.84. The summed E-state index contributed by atoms with van der Waals surface area (Å²) in [5.74, 6) is 0.818. The number of nitrogens with zero attached hydrogens (tertiary/aromatic N) is 1. The van der Waals surface area contributed by atoms with Crippen LogP contribution in [0.3, 0.4) is 0 Å². The predicted octanol–water partition coefficient (Wildman–Crippen LogP) is 3.46. The number of nitrogens with two attached hydrogens (primary N) is 1. The van der Waals surface area contributed by atoms with Gasteiger partial charge < -0.3 is 15.8 Å². The number of hydrogen-bond acceptors (Lipinski definition) is 4. The molecule has 1 aromatic rings. The zero-order valence-electron chi connectivity index (χ0n) is 13.9. The van der Waals surface area contributed by atoms with Crippen molar-refractivity contribution in [2.75, 3.05) is 5.73 Å². The molecule has 3 unspecified atom stereocenters. The highest BCUT2D eigenvalue weighted by atomic mass is 16.6. The van der Waals surface area contributed by atoms with Crippen LogP contribution in [-0.2, 0) is 4.74 Å². The molecule has 3 atom stereocenters. The van der Waals surface area contributed by atoms with E-state index >= 15 is 0 Å². The minimum absolute atomic E-state index is 0.0661. The monoisotopic (exact) mass is 305 g/mol. The molecule has 1 saturated carbocycles. The lowest BCUT2D eigenvalue weighted by Gasteiger charge is -2.34. The third kappa shape index (κ3) is 4.61. The van der Waals surface area contributed by atoms with Gasteiger partial charge >= 0.3 is 6.09 Å². The molecule has 1 heterocycles. The van der Waals surface area contributed by atoms with Gasteiger partial charge in [-0.1, -0.05) is 6.92 Å². The molecule has 0 bridgehead atoms. The van der Waals surface area contributed by atoms with Crippen LogP contribution in [0.1, 0.15) is 58.4 Å². The van der Waals surface area contributed by atoms with Gasteiger partial charge in [0.25, 0.3) is 0 Å². The fourth-order valence-corrected chi connectivity index (χ4v) is 3.17. The maximum Gasteiger partial charge on any atom is 0.407 e. The SMILES string of the molecule is CC1CC(OC(=O)NC(C)(C)C)CC(c2ccncc2N)C1. The second-order valence-electron chi connectivity index (χ2n) is 7.42. The highest BCUT2D eigenvalue weighted by molar-refractivity contribution is 5.68. The molecule has 0 saturated heterocycles. The largest absolute Gasteiger partial charge is 0.446 e. The number of amides is 1. The summed E-state index contributed by atoms with van der Waals surface area (Å²) in [6, 6.07) is 1.98. The number of anilines is 1. The first-order valence-corrected chi connectivity index (χ1v) is 7.93. The molecule has 1 fully saturated rings. The van der Waals surface area contributed by atoms with Gasteiger partial charge in [-0.3, -0.25) is 4.98 Å². The Morgan fingerprint density at radius 1 is 1.36 bits per heavy atom. The quantitative estimate of drug-likeness (QED) is 0.877. The number of hydrogen-bond donors (Lipinski definition) is 2. The van der Waals surface area contributed by atoms with Gasteiger partial charge in [-0.05, 0) is 63.5 Å². The van der Waals surface area contributed by atoms with E-state index in [1.165, 1.54) is 0 Å². The number of nitrogen functional groups attached to an aromatic ring is 1. The fraction of sp³-hybridized carbons (Fsp3) is 0.647. The number of carbonyl (C=O) groups is 1. The second kappa shape index (κ2) is 6.55. The lowest BCUT2D eigenvalue weighted by atomic mass is 9.77. The summed E-state index contributed by atoms with van der Waals surface area (Å²) in [7, 11) is 0. The number of aromatic nitrogens is 1. The highest BCUT2D eigenvalue weighted by Gasteiger charge is 2.31.